The normalized spacial score (nSPS) is 24.2. The average molecular weight is 218 g/mol. The molecule has 1 aliphatic carbocycles. The van der Waals surface area contributed by atoms with Gasteiger partial charge >= 0.3 is 0 Å². The summed E-state index contributed by atoms with van der Waals surface area (Å²) in [6.45, 7) is 7.08. The van der Waals surface area contributed by atoms with E-state index in [1.54, 1.807) is 11.8 Å². The Morgan fingerprint density at radius 1 is 1.44 bits per heavy atom. The van der Waals surface area contributed by atoms with E-state index in [2.05, 4.69) is 32.9 Å². The Balaban J connectivity index is 2.01. The van der Waals surface area contributed by atoms with Gasteiger partial charge in [0.2, 0.25) is 0 Å². The van der Waals surface area contributed by atoms with Crippen molar-refractivity contribution in [3.05, 3.63) is 35.8 Å². The second-order valence-electron chi connectivity index (χ2n) is 5.65. The molecule has 0 spiro atoms. The van der Waals surface area contributed by atoms with E-state index in [1.165, 1.54) is 19.3 Å². The summed E-state index contributed by atoms with van der Waals surface area (Å²) in [6.07, 6.45) is 9.01. The number of furan rings is 1. The first-order chi connectivity index (χ1) is 7.59. The van der Waals surface area contributed by atoms with Crippen LogP contribution in [-0.2, 0) is 6.42 Å². The van der Waals surface area contributed by atoms with Crippen LogP contribution >= 0.6 is 0 Å². The molecule has 88 valence electrons. The lowest BCUT2D eigenvalue weighted by Crippen LogP contribution is -2.28. The molecule has 0 N–H and O–H groups in total. The van der Waals surface area contributed by atoms with E-state index in [9.17, 15) is 0 Å². The lowest BCUT2D eigenvalue weighted by molar-refractivity contribution is 0.202. The Hall–Kier alpha value is -0.980. The third kappa shape index (κ3) is 2.40. The quantitative estimate of drug-likeness (QED) is 0.676. The molecule has 1 nitrogen and oxygen atoms in total. The van der Waals surface area contributed by atoms with E-state index in [0.29, 0.717) is 11.3 Å². The fraction of sp³-hybridized carbons (Fsp3) is 0.600. The summed E-state index contributed by atoms with van der Waals surface area (Å²) in [5.41, 5.74) is 2.02. The molecule has 1 heteroatoms. The minimum Gasteiger partial charge on any atom is -0.469 e. The third-order valence-corrected chi connectivity index (χ3v) is 4.01. The predicted octanol–water partition coefficient (Wildman–Crippen LogP) is 4.59. The first-order valence-corrected chi connectivity index (χ1v) is 6.28. The molecule has 1 unspecified atom stereocenters. The molecule has 1 heterocycles. The number of allylic oxidation sites excluding steroid dienone is 2. The van der Waals surface area contributed by atoms with Crippen molar-refractivity contribution in [1.82, 2.24) is 0 Å². The SMILES string of the molecule is CC1=CCCC(C)(C)C1CCc1ccco1. The van der Waals surface area contributed by atoms with E-state index < -0.39 is 0 Å². The maximum atomic E-state index is 5.41. The van der Waals surface area contributed by atoms with Crippen molar-refractivity contribution in [2.24, 2.45) is 11.3 Å². The minimum atomic E-state index is 0.450. The van der Waals surface area contributed by atoms with Gasteiger partial charge < -0.3 is 4.42 Å². The van der Waals surface area contributed by atoms with Crippen molar-refractivity contribution in [2.75, 3.05) is 0 Å². The van der Waals surface area contributed by atoms with Crippen molar-refractivity contribution < 1.29 is 4.42 Å². The zero-order chi connectivity index (χ0) is 11.6. The summed E-state index contributed by atoms with van der Waals surface area (Å²) in [6, 6.07) is 4.05. The van der Waals surface area contributed by atoms with Gasteiger partial charge in [-0.3, -0.25) is 0 Å². The van der Waals surface area contributed by atoms with Crippen LogP contribution in [0.5, 0.6) is 0 Å². The van der Waals surface area contributed by atoms with Gasteiger partial charge in [0, 0.05) is 6.42 Å². The highest BCUT2D eigenvalue weighted by Gasteiger charge is 2.32. The predicted molar refractivity (Wildman–Crippen MR) is 67.3 cm³/mol. The molecule has 2 rings (SSSR count). The molecule has 1 aromatic heterocycles. The Bertz CT molecular complexity index is 357. The summed E-state index contributed by atoms with van der Waals surface area (Å²) in [5.74, 6) is 1.83. The van der Waals surface area contributed by atoms with Crippen molar-refractivity contribution in [3.8, 4) is 0 Å². The molecule has 0 aromatic carbocycles. The van der Waals surface area contributed by atoms with Gasteiger partial charge in [0.1, 0.15) is 5.76 Å². The van der Waals surface area contributed by atoms with Crippen LogP contribution in [0.25, 0.3) is 0 Å². The fourth-order valence-corrected chi connectivity index (χ4v) is 2.96. The Morgan fingerprint density at radius 2 is 2.25 bits per heavy atom. The van der Waals surface area contributed by atoms with Crippen LogP contribution in [0, 0.1) is 11.3 Å². The molecule has 1 aliphatic rings. The molecule has 1 atom stereocenters. The van der Waals surface area contributed by atoms with Crippen LogP contribution in [-0.4, -0.2) is 0 Å². The van der Waals surface area contributed by atoms with Crippen molar-refractivity contribution in [3.63, 3.8) is 0 Å². The summed E-state index contributed by atoms with van der Waals surface area (Å²) >= 11 is 0. The highest BCUT2D eigenvalue weighted by atomic mass is 16.3. The first-order valence-electron chi connectivity index (χ1n) is 6.28. The lowest BCUT2D eigenvalue weighted by atomic mass is 9.67. The molecular weight excluding hydrogens is 196 g/mol. The van der Waals surface area contributed by atoms with Gasteiger partial charge in [0.15, 0.2) is 0 Å². The van der Waals surface area contributed by atoms with Gasteiger partial charge in [-0.25, -0.2) is 0 Å². The van der Waals surface area contributed by atoms with Gasteiger partial charge in [0.25, 0.3) is 0 Å². The van der Waals surface area contributed by atoms with Gasteiger partial charge in [0.05, 0.1) is 6.26 Å². The fourth-order valence-electron chi connectivity index (χ4n) is 2.96. The highest BCUT2D eigenvalue weighted by molar-refractivity contribution is 5.13. The molecule has 0 saturated carbocycles. The van der Waals surface area contributed by atoms with Crippen molar-refractivity contribution in [1.29, 1.82) is 0 Å². The van der Waals surface area contributed by atoms with E-state index in [0.717, 1.165) is 12.2 Å². The summed E-state index contributed by atoms with van der Waals surface area (Å²) < 4.78 is 5.41. The van der Waals surface area contributed by atoms with Crippen LogP contribution in [0.15, 0.2) is 34.5 Å². The standard InChI is InChI=1S/C15H22O/c1-12-6-4-10-15(2,3)14(12)9-8-13-7-5-11-16-13/h5-7,11,14H,4,8-10H2,1-3H3. The van der Waals surface area contributed by atoms with Crippen molar-refractivity contribution in [2.45, 2.75) is 46.5 Å². The lowest BCUT2D eigenvalue weighted by Gasteiger charge is -2.38. The Labute approximate surface area is 98.5 Å². The van der Waals surface area contributed by atoms with Gasteiger partial charge in [-0.2, -0.15) is 0 Å². The third-order valence-electron chi connectivity index (χ3n) is 4.01. The van der Waals surface area contributed by atoms with Crippen LogP contribution < -0.4 is 0 Å². The molecule has 0 fully saturated rings. The van der Waals surface area contributed by atoms with Gasteiger partial charge in [-0.05, 0) is 49.7 Å². The van der Waals surface area contributed by atoms with E-state index in [-0.39, 0.29) is 0 Å². The smallest absolute Gasteiger partial charge is 0.103 e. The minimum absolute atomic E-state index is 0.450. The van der Waals surface area contributed by atoms with Crippen LogP contribution in [0.2, 0.25) is 0 Å². The molecular formula is C15H22O. The summed E-state index contributed by atoms with van der Waals surface area (Å²) in [7, 11) is 0. The zero-order valence-electron chi connectivity index (χ0n) is 10.6. The van der Waals surface area contributed by atoms with Crippen molar-refractivity contribution >= 4 is 0 Å². The van der Waals surface area contributed by atoms with E-state index >= 15 is 0 Å². The number of hydrogen-bond donors (Lipinski definition) is 0. The maximum Gasteiger partial charge on any atom is 0.103 e. The average Bonchev–Trinajstić information content (AvgIpc) is 2.68. The number of rotatable bonds is 3. The van der Waals surface area contributed by atoms with Crippen LogP contribution in [0.4, 0.5) is 0 Å². The summed E-state index contributed by atoms with van der Waals surface area (Å²) in [5, 5.41) is 0. The topological polar surface area (TPSA) is 13.1 Å². The Morgan fingerprint density at radius 3 is 2.88 bits per heavy atom. The second-order valence-corrected chi connectivity index (χ2v) is 5.65. The zero-order valence-corrected chi connectivity index (χ0v) is 10.6. The first kappa shape index (κ1) is 11.5. The largest absolute Gasteiger partial charge is 0.469 e. The molecule has 16 heavy (non-hydrogen) atoms. The monoisotopic (exact) mass is 218 g/mol. The highest BCUT2D eigenvalue weighted by Crippen LogP contribution is 2.43. The molecule has 0 aliphatic heterocycles. The molecule has 0 saturated heterocycles. The van der Waals surface area contributed by atoms with Crippen LogP contribution in [0.1, 0.15) is 45.8 Å². The molecule has 0 amide bonds. The van der Waals surface area contributed by atoms with Crippen LogP contribution in [0.3, 0.4) is 0 Å². The van der Waals surface area contributed by atoms with Gasteiger partial charge in [-0.1, -0.05) is 25.5 Å². The summed E-state index contributed by atoms with van der Waals surface area (Å²) in [4.78, 5) is 0. The van der Waals surface area contributed by atoms with Gasteiger partial charge in [-0.15, -0.1) is 0 Å². The molecule has 1 aromatic rings. The second kappa shape index (κ2) is 4.48. The molecule has 0 bridgehead atoms. The maximum absolute atomic E-state index is 5.41. The van der Waals surface area contributed by atoms with E-state index in [4.69, 9.17) is 4.42 Å². The number of aryl methyl sites for hydroxylation is 1. The number of hydrogen-bond acceptors (Lipinski definition) is 1. The van der Waals surface area contributed by atoms with E-state index in [1.807, 2.05) is 6.07 Å². The Kier molecular flexibility index (Phi) is 3.22. The molecule has 0 radical (unpaired) electrons.